The Morgan fingerprint density at radius 1 is 1.89 bits per heavy atom. The summed E-state index contributed by atoms with van der Waals surface area (Å²) in [7, 11) is 1.53. The van der Waals surface area contributed by atoms with E-state index in [-0.39, 0.29) is 6.10 Å². The summed E-state index contributed by atoms with van der Waals surface area (Å²) in [6.45, 7) is 5.15. The van der Waals surface area contributed by atoms with Crippen LogP contribution in [0.25, 0.3) is 0 Å². The van der Waals surface area contributed by atoms with Gasteiger partial charge in [0.2, 0.25) is 0 Å². The smallest absolute Gasteiger partial charge is 0.116 e. The lowest BCUT2D eigenvalue weighted by Gasteiger charge is -2.06. The molecule has 1 N–H and O–H groups in total. The maximum Gasteiger partial charge on any atom is 0.116 e. The molecule has 1 unspecified atom stereocenters. The molecule has 0 aliphatic heterocycles. The largest absolute Gasteiger partial charge is 0.411 e. The quantitative estimate of drug-likeness (QED) is 0.268. The SMILES string of the molecule is C=CC(OC)C(C)=NO. The van der Waals surface area contributed by atoms with Crippen molar-refractivity contribution in [1.29, 1.82) is 0 Å². The third kappa shape index (κ3) is 2.28. The van der Waals surface area contributed by atoms with Crippen LogP contribution in [-0.4, -0.2) is 24.1 Å². The Balaban J connectivity index is 3.94. The summed E-state index contributed by atoms with van der Waals surface area (Å²) in [5.41, 5.74) is 0.507. The van der Waals surface area contributed by atoms with Crippen LogP contribution in [0, 0.1) is 0 Å². The Morgan fingerprint density at radius 3 is 2.56 bits per heavy atom. The molecule has 0 heterocycles. The first-order chi connectivity index (χ1) is 4.26. The number of rotatable bonds is 3. The number of nitrogens with zero attached hydrogens (tertiary/aromatic N) is 1. The highest BCUT2D eigenvalue weighted by molar-refractivity contribution is 5.87. The highest BCUT2D eigenvalue weighted by Crippen LogP contribution is 1.93. The second-order valence-electron chi connectivity index (χ2n) is 1.63. The van der Waals surface area contributed by atoms with Gasteiger partial charge in [0.1, 0.15) is 6.10 Å². The van der Waals surface area contributed by atoms with Gasteiger partial charge in [0.15, 0.2) is 0 Å². The molecule has 0 aliphatic carbocycles. The lowest BCUT2D eigenvalue weighted by Crippen LogP contribution is -2.16. The van der Waals surface area contributed by atoms with Crippen molar-refractivity contribution in [2.75, 3.05) is 7.11 Å². The van der Waals surface area contributed by atoms with Gasteiger partial charge in [0.05, 0.1) is 5.71 Å². The van der Waals surface area contributed by atoms with Crippen molar-refractivity contribution < 1.29 is 9.94 Å². The first-order valence-electron chi connectivity index (χ1n) is 2.60. The maximum absolute atomic E-state index is 8.23. The summed E-state index contributed by atoms with van der Waals surface area (Å²) in [5.74, 6) is 0. The summed E-state index contributed by atoms with van der Waals surface area (Å²) in [6, 6.07) is 0. The van der Waals surface area contributed by atoms with Gasteiger partial charge in [-0.25, -0.2) is 0 Å². The molecule has 0 aromatic rings. The van der Waals surface area contributed by atoms with E-state index in [1.165, 1.54) is 7.11 Å². The molecule has 1 atom stereocenters. The monoisotopic (exact) mass is 129 g/mol. The Bertz CT molecular complexity index is 120. The van der Waals surface area contributed by atoms with Crippen LogP contribution < -0.4 is 0 Å². The molecule has 0 bridgehead atoms. The molecule has 0 fully saturated rings. The van der Waals surface area contributed by atoms with Gasteiger partial charge in [-0.15, -0.1) is 6.58 Å². The van der Waals surface area contributed by atoms with E-state index in [2.05, 4.69) is 11.7 Å². The molecule has 0 radical (unpaired) electrons. The Kier molecular flexibility index (Phi) is 3.71. The fourth-order valence-electron chi connectivity index (χ4n) is 0.494. The Morgan fingerprint density at radius 2 is 2.44 bits per heavy atom. The maximum atomic E-state index is 8.23. The highest BCUT2D eigenvalue weighted by atomic mass is 16.5. The van der Waals surface area contributed by atoms with Crippen LogP contribution in [0.2, 0.25) is 0 Å². The minimum Gasteiger partial charge on any atom is -0.411 e. The molecule has 3 heteroatoms. The molecule has 52 valence electrons. The summed E-state index contributed by atoms with van der Waals surface area (Å²) in [5, 5.41) is 11.2. The van der Waals surface area contributed by atoms with Crippen molar-refractivity contribution in [2.24, 2.45) is 5.16 Å². The molecule has 0 amide bonds. The number of hydrogen-bond donors (Lipinski definition) is 1. The van der Waals surface area contributed by atoms with Crippen LogP contribution in [0.4, 0.5) is 0 Å². The lowest BCUT2D eigenvalue weighted by atomic mass is 10.2. The second kappa shape index (κ2) is 4.09. The van der Waals surface area contributed by atoms with Crippen LogP contribution >= 0.6 is 0 Å². The third-order valence-electron chi connectivity index (χ3n) is 1.04. The average Bonchev–Trinajstić information content (AvgIpc) is 1.90. The van der Waals surface area contributed by atoms with Gasteiger partial charge >= 0.3 is 0 Å². The molecule has 0 aliphatic rings. The summed E-state index contributed by atoms with van der Waals surface area (Å²) < 4.78 is 4.84. The topological polar surface area (TPSA) is 41.8 Å². The Hall–Kier alpha value is -0.830. The third-order valence-corrected chi connectivity index (χ3v) is 1.04. The van der Waals surface area contributed by atoms with Crippen molar-refractivity contribution in [3.63, 3.8) is 0 Å². The van der Waals surface area contributed by atoms with Crippen LogP contribution in [-0.2, 0) is 4.74 Å². The Labute approximate surface area is 54.6 Å². The first kappa shape index (κ1) is 8.17. The van der Waals surface area contributed by atoms with Crippen molar-refractivity contribution in [3.8, 4) is 0 Å². The summed E-state index contributed by atoms with van der Waals surface area (Å²) in [4.78, 5) is 0. The van der Waals surface area contributed by atoms with E-state index in [0.29, 0.717) is 5.71 Å². The molecule has 0 rings (SSSR count). The predicted molar refractivity (Wildman–Crippen MR) is 35.9 cm³/mol. The van der Waals surface area contributed by atoms with Gasteiger partial charge in [-0.05, 0) is 6.92 Å². The highest BCUT2D eigenvalue weighted by Gasteiger charge is 2.04. The van der Waals surface area contributed by atoms with E-state index in [1.807, 2.05) is 0 Å². The molecule has 0 spiro atoms. The molecule has 0 saturated carbocycles. The van der Waals surface area contributed by atoms with Gasteiger partial charge in [-0.3, -0.25) is 0 Å². The van der Waals surface area contributed by atoms with E-state index in [0.717, 1.165) is 0 Å². The molecule has 0 saturated heterocycles. The van der Waals surface area contributed by atoms with Crippen molar-refractivity contribution in [3.05, 3.63) is 12.7 Å². The van der Waals surface area contributed by atoms with Crippen LogP contribution in [0.15, 0.2) is 17.8 Å². The molecular weight excluding hydrogens is 118 g/mol. The fourth-order valence-corrected chi connectivity index (χ4v) is 0.494. The molecule has 0 aromatic carbocycles. The molecule has 3 nitrogen and oxygen atoms in total. The number of ether oxygens (including phenoxy) is 1. The van der Waals surface area contributed by atoms with Crippen LogP contribution in [0.1, 0.15) is 6.92 Å². The number of methoxy groups -OCH3 is 1. The fraction of sp³-hybridized carbons (Fsp3) is 0.500. The standard InChI is InChI=1S/C6H11NO2/c1-4-6(9-3)5(2)7-8/h4,6,8H,1H2,2-3H3. The molecule has 0 aromatic heterocycles. The van der Waals surface area contributed by atoms with Gasteiger partial charge in [0.25, 0.3) is 0 Å². The number of oxime groups is 1. The molecular formula is C6H11NO2. The van der Waals surface area contributed by atoms with Crippen LogP contribution in [0.3, 0.4) is 0 Å². The lowest BCUT2D eigenvalue weighted by molar-refractivity contribution is 0.185. The predicted octanol–water partition coefficient (Wildman–Crippen LogP) is 1.04. The molecule has 9 heavy (non-hydrogen) atoms. The average molecular weight is 129 g/mol. The van der Waals surface area contributed by atoms with Crippen molar-refractivity contribution >= 4 is 5.71 Å². The zero-order valence-electron chi connectivity index (χ0n) is 5.66. The zero-order valence-corrected chi connectivity index (χ0v) is 5.66. The minimum atomic E-state index is -0.269. The zero-order chi connectivity index (χ0) is 7.28. The van der Waals surface area contributed by atoms with Crippen molar-refractivity contribution in [1.82, 2.24) is 0 Å². The summed E-state index contributed by atoms with van der Waals surface area (Å²) in [6.07, 6.45) is 1.30. The summed E-state index contributed by atoms with van der Waals surface area (Å²) >= 11 is 0. The van der Waals surface area contributed by atoms with Gasteiger partial charge in [0, 0.05) is 7.11 Å². The van der Waals surface area contributed by atoms with E-state index >= 15 is 0 Å². The van der Waals surface area contributed by atoms with E-state index in [4.69, 9.17) is 9.94 Å². The van der Waals surface area contributed by atoms with Crippen LogP contribution in [0.5, 0.6) is 0 Å². The first-order valence-corrected chi connectivity index (χ1v) is 2.60. The van der Waals surface area contributed by atoms with Gasteiger partial charge in [-0.2, -0.15) is 0 Å². The van der Waals surface area contributed by atoms with Gasteiger partial charge in [-0.1, -0.05) is 11.2 Å². The second-order valence-corrected chi connectivity index (χ2v) is 1.63. The van der Waals surface area contributed by atoms with Crippen molar-refractivity contribution in [2.45, 2.75) is 13.0 Å². The van der Waals surface area contributed by atoms with E-state index in [9.17, 15) is 0 Å². The minimum absolute atomic E-state index is 0.269. The normalized spacial score (nSPS) is 15.1. The number of hydrogen-bond acceptors (Lipinski definition) is 3. The van der Waals surface area contributed by atoms with E-state index in [1.54, 1.807) is 13.0 Å². The van der Waals surface area contributed by atoms with E-state index < -0.39 is 0 Å². The van der Waals surface area contributed by atoms with Gasteiger partial charge < -0.3 is 9.94 Å².